The van der Waals surface area contributed by atoms with E-state index in [9.17, 15) is 8.42 Å². The third kappa shape index (κ3) is 3.60. The predicted octanol–water partition coefficient (Wildman–Crippen LogP) is 0.907. The summed E-state index contributed by atoms with van der Waals surface area (Å²) in [4.78, 5) is 4.49. The van der Waals surface area contributed by atoms with Gasteiger partial charge < -0.3 is 9.63 Å². The second kappa shape index (κ2) is 6.09. The van der Waals surface area contributed by atoms with Crippen molar-refractivity contribution in [2.75, 3.05) is 6.54 Å². The van der Waals surface area contributed by atoms with Crippen LogP contribution < -0.4 is 4.72 Å². The van der Waals surface area contributed by atoms with Gasteiger partial charge in [-0.25, -0.2) is 13.1 Å². The fourth-order valence-electron chi connectivity index (χ4n) is 1.34. The van der Waals surface area contributed by atoms with E-state index >= 15 is 0 Å². The Morgan fingerprint density at radius 3 is 2.89 bits per heavy atom. The van der Waals surface area contributed by atoms with E-state index in [0.717, 1.165) is 0 Å². The number of hydrogen-bond donors (Lipinski definition) is 2. The van der Waals surface area contributed by atoms with E-state index in [-0.39, 0.29) is 18.0 Å². The van der Waals surface area contributed by atoms with E-state index in [4.69, 9.17) is 5.11 Å². The third-order valence-electron chi connectivity index (χ3n) is 2.20. The van der Waals surface area contributed by atoms with E-state index < -0.39 is 10.0 Å². The minimum absolute atomic E-state index is 0.120. The van der Waals surface area contributed by atoms with Crippen LogP contribution in [0.3, 0.4) is 0 Å². The van der Waals surface area contributed by atoms with Crippen molar-refractivity contribution in [1.82, 2.24) is 14.9 Å². The van der Waals surface area contributed by atoms with Gasteiger partial charge >= 0.3 is 0 Å². The molecule has 0 spiro atoms. The van der Waals surface area contributed by atoms with E-state index in [0.29, 0.717) is 20.9 Å². The molecule has 0 saturated heterocycles. The third-order valence-corrected chi connectivity index (χ3v) is 5.90. The molecule has 2 heterocycles. The molecule has 10 heteroatoms. The summed E-state index contributed by atoms with van der Waals surface area (Å²) in [7, 11) is -3.62. The molecule has 0 radical (unpaired) electrons. The zero-order valence-electron chi connectivity index (χ0n) is 9.54. The second-order valence-corrected chi connectivity index (χ2v) is 7.69. The fraction of sp³-hybridized carbons (Fsp3) is 0.333. The molecular weight excluding hydrogens is 358 g/mol. The number of nitrogens with zero attached hydrogens (tertiary/aromatic N) is 2. The van der Waals surface area contributed by atoms with Crippen molar-refractivity contribution in [2.24, 2.45) is 0 Å². The predicted molar refractivity (Wildman–Crippen MR) is 71.1 cm³/mol. The van der Waals surface area contributed by atoms with Crippen LogP contribution in [-0.2, 0) is 23.1 Å². The average Bonchev–Trinajstić information content (AvgIpc) is 2.98. The summed E-state index contributed by atoms with van der Waals surface area (Å²) in [6, 6.07) is 1.44. The molecule has 0 atom stereocenters. The molecule has 2 rings (SSSR count). The Labute approximate surface area is 121 Å². The highest BCUT2D eigenvalue weighted by Gasteiger charge is 2.20. The first kappa shape index (κ1) is 14.6. The molecular formula is C9H10BrN3O4S2. The van der Waals surface area contributed by atoms with E-state index in [1.165, 1.54) is 23.8 Å². The first-order valence-electron chi connectivity index (χ1n) is 5.17. The van der Waals surface area contributed by atoms with Crippen LogP contribution in [0.2, 0.25) is 0 Å². The summed E-state index contributed by atoms with van der Waals surface area (Å²) in [5, 5.41) is 12.6. The second-order valence-electron chi connectivity index (χ2n) is 3.50. The van der Waals surface area contributed by atoms with Crippen LogP contribution in [0.15, 0.2) is 25.7 Å². The molecule has 0 saturated carbocycles. The van der Waals surface area contributed by atoms with Gasteiger partial charge in [0.2, 0.25) is 16.4 Å². The molecule has 0 aromatic carbocycles. The van der Waals surface area contributed by atoms with Gasteiger partial charge in [0.1, 0.15) is 4.90 Å². The summed E-state index contributed by atoms with van der Waals surface area (Å²) < 4.78 is 31.5. The number of rotatable bonds is 6. The summed E-state index contributed by atoms with van der Waals surface area (Å²) in [5.41, 5.74) is 0. The minimum atomic E-state index is -3.62. The summed E-state index contributed by atoms with van der Waals surface area (Å²) in [6.45, 7) is -0.0275. The Hall–Kier alpha value is -0.810. The van der Waals surface area contributed by atoms with Gasteiger partial charge in [0.05, 0.1) is 10.4 Å². The Morgan fingerprint density at radius 1 is 1.53 bits per heavy atom. The highest BCUT2D eigenvalue weighted by molar-refractivity contribution is 9.11. The maximum atomic E-state index is 12.0. The average molecular weight is 368 g/mol. The zero-order valence-corrected chi connectivity index (χ0v) is 12.8. The number of aliphatic hydroxyl groups is 1. The highest BCUT2D eigenvalue weighted by Crippen LogP contribution is 2.31. The molecule has 2 N–H and O–H groups in total. The standard InChI is InChI=1S/C9H10BrN3O4S2/c10-9-7(3-6(4-14)18-9)19(15,16)12-2-1-8-11-5-17-13-8/h3,5,12,14H,1-2,4H2. The van der Waals surface area contributed by atoms with Crippen LogP contribution in [0, 0.1) is 0 Å². The normalized spacial score (nSPS) is 11.9. The van der Waals surface area contributed by atoms with Crippen molar-refractivity contribution in [1.29, 1.82) is 0 Å². The number of nitrogens with one attached hydrogen (secondary N) is 1. The SMILES string of the molecule is O=S(=O)(NCCc1ncon1)c1cc(CO)sc1Br. The van der Waals surface area contributed by atoms with E-state index in [1.54, 1.807) is 0 Å². The smallest absolute Gasteiger partial charge is 0.242 e. The lowest BCUT2D eigenvalue weighted by Gasteiger charge is -2.03. The van der Waals surface area contributed by atoms with Crippen LogP contribution >= 0.6 is 27.3 Å². The summed E-state index contributed by atoms with van der Waals surface area (Å²) in [6.07, 6.45) is 1.52. The maximum Gasteiger partial charge on any atom is 0.242 e. The lowest BCUT2D eigenvalue weighted by atomic mass is 10.4. The summed E-state index contributed by atoms with van der Waals surface area (Å²) >= 11 is 4.35. The van der Waals surface area contributed by atoms with Crippen LogP contribution in [0.4, 0.5) is 0 Å². The van der Waals surface area contributed by atoms with E-state index in [1.807, 2.05) is 0 Å². The molecule has 0 fully saturated rings. The molecule has 19 heavy (non-hydrogen) atoms. The number of halogens is 1. The van der Waals surface area contributed by atoms with Crippen molar-refractivity contribution < 1.29 is 18.0 Å². The Bertz CT molecular complexity index is 638. The van der Waals surface area contributed by atoms with Crippen LogP contribution in [0.5, 0.6) is 0 Å². The summed E-state index contributed by atoms with van der Waals surface area (Å²) in [5.74, 6) is 0.433. The molecule has 0 aliphatic carbocycles. The van der Waals surface area contributed by atoms with Gasteiger partial charge in [0, 0.05) is 17.8 Å². The molecule has 2 aromatic heterocycles. The lowest BCUT2D eigenvalue weighted by molar-refractivity contribution is 0.285. The van der Waals surface area contributed by atoms with Crippen LogP contribution in [-0.4, -0.2) is 30.2 Å². The molecule has 0 aliphatic heterocycles. The Morgan fingerprint density at radius 2 is 2.32 bits per heavy atom. The highest BCUT2D eigenvalue weighted by atomic mass is 79.9. The van der Waals surface area contributed by atoms with Crippen molar-refractivity contribution in [3.05, 3.63) is 26.9 Å². The van der Waals surface area contributed by atoms with Gasteiger partial charge in [-0.1, -0.05) is 5.16 Å². The van der Waals surface area contributed by atoms with Crippen molar-refractivity contribution in [3.8, 4) is 0 Å². The number of aromatic nitrogens is 2. The number of hydrogen-bond acceptors (Lipinski definition) is 7. The minimum Gasteiger partial charge on any atom is -0.391 e. The first-order valence-corrected chi connectivity index (χ1v) is 8.26. The fourth-order valence-corrected chi connectivity index (χ4v) is 4.91. The molecule has 7 nitrogen and oxygen atoms in total. The monoisotopic (exact) mass is 367 g/mol. The van der Waals surface area contributed by atoms with Gasteiger partial charge in [-0.3, -0.25) is 0 Å². The largest absolute Gasteiger partial charge is 0.391 e. The molecule has 0 bridgehead atoms. The first-order chi connectivity index (χ1) is 9.03. The molecule has 0 unspecified atom stereocenters. The topological polar surface area (TPSA) is 105 Å². The number of thiophene rings is 1. The quantitative estimate of drug-likeness (QED) is 0.785. The molecule has 0 aliphatic rings. The van der Waals surface area contributed by atoms with Crippen LogP contribution in [0.25, 0.3) is 0 Å². The van der Waals surface area contributed by atoms with Gasteiger partial charge in [-0.15, -0.1) is 11.3 Å². The van der Waals surface area contributed by atoms with Gasteiger partial charge in [-0.05, 0) is 22.0 Å². The van der Waals surface area contributed by atoms with Crippen molar-refractivity contribution in [2.45, 2.75) is 17.9 Å². The zero-order chi connectivity index (χ0) is 13.9. The Kier molecular flexibility index (Phi) is 4.68. The maximum absolute atomic E-state index is 12.0. The van der Waals surface area contributed by atoms with Gasteiger partial charge in [0.25, 0.3) is 0 Å². The van der Waals surface area contributed by atoms with Gasteiger partial charge in [0.15, 0.2) is 5.82 Å². The Balaban J connectivity index is 2.03. The molecule has 0 amide bonds. The molecule has 104 valence electrons. The molecule has 2 aromatic rings. The number of sulfonamides is 1. The number of aliphatic hydroxyl groups excluding tert-OH is 1. The van der Waals surface area contributed by atoms with Crippen molar-refractivity contribution >= 4 is 37.3 Å². The van der Waals surface area contributed by atoms with Crippen molar-refractivity contribution in [3.63, 3.8) is 0 Å². The lowest BCUT2D eigenvalue weighted by Crippen LogP contribution is -2.26. The van der Waals surface area contributed by atoms with Crippen LogP contribution in [0.1, 0.15) is 10.7 Å². The van der Waals surface area contributed by atoms with E-state index in [2.05, 4.69) is 35.3 Å². The van der Waals surface area contributed by atoms with Gasteiger partial charge in [-0.2, -0.15) is 4.98 Å².